The van der Waals surface area contributed by atoms with Crippen molar-refractivity contribution in [3.05, 3.63) is 70.4 Å². The monoisotopic (exact) mass is 464 g/mol. The molecule has 0 unspecified atom stereocenters. The van der Waals surface area contributed by atoms with Crippen LogP contribution in [0.4, 0.5) is 10.1 Å². The zero-order chi connectivity index (χ0) is 23.1. The first-order valence-electron chi connectivity index (χ1n) is 11.2. The Bertz CT molecular complexity index is 1400. The number of carbonyl (C=O) groups is 1. The summed E-state index contributed by atoms with van der Waals surface area (Å²) in [4.78, 5) is 30.7. The number of benzene rings is 2. The highest BCUT2D eigenvalue weighted by Crippen LogP contribution is 2.33. The lowest BCUT2D eigenvalue weighted by Crippen LogP contribution is -2.51. The van der Waals surface area contributed by atoms with Crippen molar-refractivity contribution in [2.24, 2.45) is 0 Å². The molecular weight excluding hydrogens is 439 g/mol. The highest BCUT2D eigenvalue weighted by Gasteiger charge is 2.30. The van der Waals surface area contributed by atoms with Crippen LogP contribution in [0.1, 0.15) is 25.1 Å². The van der Waals surface area contributed by atoms with Crippen LogP contribution in [-0.2, 0) is 4.79 Å². The second-order valence-electron chi connectivity index (χ2n) is 8.33. The molecular formula is C25H25FN4O2S. The van der Waals surface area contributed by atoms with Crippen LogP contribution in [0.15, 0.2) is 53.3 Å². The van der Waals surface area contributed by atoms with Gasteiger partial charge < -0.3 is 9.80 Å². The average molecular weight is 465 g/mol. The Hall–Kier alpha value is -3.26. The molecule has 1 amide bonds. The number of thiophene rings is 1. The number of hydrogen-bond acceptors (Lipinski definition) is 5. The maximum atomic E-state index is 14.2. The van der Waals surface area contributed by atoms with Crippen LogP contribution in [0.25, 0.3) is 20.2 Å². The molecule has 6 nitrogen and oxygen atoms in total. The third-order valence-electron chi connectivity index (χ3n) is 6.36. The van der Waals surface area contributed by atoms with Gasteiger partial charge in [-0.2, -0.15) is 5.10 Å². The predicted octanol–water partition coefficient (Wildman–Crippen LogP) is 4.36. The van der Waals surface area contributed by atoms with E-state index in [4.69, 9.17) is 0 Å². The lowest BCUT2D eigenvalue weighted by atomic mass is 10.1. The number of aryl methyl sites for hydroxylation is 1. The summed E-state index contributed by atoms with van der Waals surface area (Å²) in [6, 6.07) is 13.9. The van der Waals surface area contributed by atoms with Gasteiger partial charge in [0, 0.05) is 36.3 Å². The highest BCUT2D eigenvalue weighted by atomic mass is 32.1. The molecule has 1 saturated heterocycles. The van der Waals surface area contributed by atoms with E-state index in [1.165, 1.54) is 10.7 Å². The normalized spacial score (nSPS) is 15.4. The number of halogens is 1. The first-order valence-corrected chi connectivity index (χ1v) is 12.0. The van der Waals surface area contributed by atoms with Gasteiger partial charge in [0.05, 0.1) is 21.5 Å². The van der Waals surface area contributed by atoms with Gasteiger partial charge in [-0.25, -0.2) is 9.07 Å². The van der Waals surface area contributed by atoms with Gasteiger partial charge in [0.25, 0.3) is 5.56 Å². The molecule has 1 aliphatic heterocycles. The molecule has 0 aliphatic carbocycles. The molecule has 1 fully saturated rings. The summed E-state index contributed by atoms with van der Waals surface area (Å²) in [5.74, 6) is -0.371. The van der Waals surface area contributed by atoms with Crippen LogP contribution in [0.3, 0.4) is 0 Å². The zero-order valence-corrected chi connectivity index (χ0v) is 19.4. The summed E-state index contributed by atoms with van der Waals surface area (Å²) < 4.78 is 17.4. The molecule has 1 aliphatic rings. The van der Waals surface area contributed by atoms with Crippen molar-refractivity contribution >= 4 is 43.1 Å². The Balaban J connectivity index is 1.44. The molecule has 0 bridgehead atoms. The van der Waals surface area contributed by atoms with Crippen molar-refractivity contribution in [3.8, 4) is 0 Å². The van der Waals surface area contributed by atoms with Crippen molar-refractivity contribution in [2.45, 2.75) is 26.3 Å². The number of fused-ring (bicyclic) bond motifs is 3. The van der Waals surface area contributed by atoms with Crippen molar-refractivity contribution in [1.82, 2.24) is 14.7 Å². The third-order valence-corrected chi connectivity index (χ3v) is 7.63. The summed E-state index contributed by atoms with van der Waals surface area (Å²) in [6.07, 6.45) is 0.465. The number of carbonyl (C=O) groups excluding carboxylic acids is 1. The van der Waals surface area contributed by atoms with E-state index in [1.807, 2.05) is 49.1 Å². The Morgan fingerprint density at radius 1 is 1.09 bits per heavy atom. The standard InChI is InChI=1S/C25H25FN4O2S/c1-3-19(24(31)29-14-12-28(13-15-29)20-10-6-5-9-18(20)26)30-25(32)22-17-8-4-7-11-21(17)33-23(22)16(2)27-30/h4-11,19H,3,12-15H2,1-2H3/t19-/m1/s1. The van der Waals surface area contributed by atoms with E-state index in [2.05, 4.69) is 5.10 Å². The van der Waals surface area contributed by atoms with E-state index >= 15 is 0 Å². The van der Waals surface area contributed by atoms with Crippen molar-refractivity contribution in [2.75, 3.05) is 31.1 Å². The second-order valence-corrected chi connectivity index (χ2v) is 9.38. The number of nitrogens with zero attached hydrogens (tertiary/aromatic N) is 4. The van der Waals surface area contributed by atoms with Crippen LogP contribution >= 0.6 is 11.3 Å². The molecule has 4 aromatic rings. The summed E-state index contributed by atoms with van der Waals surface area (Å²) >= 11 is 1.56. The van der Waals surface area contributed by atoms with Crippen molar-refractivity contribution < 1.29 is 9.18 Å². The van der Waals surface area contributed by atoms with E-state index in [1.54, 1.807) is 28.4 Å². The van der Waals surface area contributed by atoms with E-state index in [-0.39, 0.29) is 17.3 Å². The molecule has 1 atom stereocenters. The topological polar surface area (TPSA) is 58.4 Å². The Morgan fingerprint density at radius 2 is 1.79 bits per heavy atom. The van der Waals surface area contributed by atoms with Crippen molar-refractivity contribution in [3.63, 3.8) is 0 Å². The lowest BCUT2D eigenvalue weighted by Gasteiger charge is -2.37. The van der Waals surface area contributed by atoms with Crippen LogP contribution < -0.4 is 10.5 Å². The lowest BCUT2D eigenvalue weighted by molar-refractivity contribution is -0.135. The third kappa shape index (κ3) is 3.68. The van der Waals surface area contributed by atoms with Gasteiger partial charge in [0.1, 0.15) is 11.9 Å². The Labute approximate surface area is 194 Å². The zero-order valence-electron chi connectivity index (χ0n) is 18.6. The summed E-state index contributed by atoms with van der Waals surface area (Å²) in [6.45, 7) is 5.81. The molecule has 33 heavy (non-hydrogen) atoms. The highest BCUT2D eigenvalue weighted by molar-refractivity contribution is 7.26. The maximum absolute atomic E-state index is 14.2. The fourth-order valence-electron chi connectivity index (χ4n) is 4.63. The first kappa shape index (κ1) is 21.6. The van der Waals surface area contributed by atoms with Gasteiger partial charge in [-0.1, -0.05) is 37.3 Å². The molecule has 8 heteroatoms. The second kappa shape index (κ2) is 8.59. The minimum atomic E-state index is -0.667. The molecule has 0 N–H and O–H groups in total. The van der Waals surface area contributed by atoms with Gasteiger partial charge in [0.15, 0.2) is 0 Å². The molecule has 5 rings (SSSR count). The SMILES string of the molecule is CC[C@H](C(=O)N1CCN(c2ccccc2F)CC1)n1nc(C)c2sc3ccccc3c2c1=O. The number of hydrogen-bond donors (Lipinski definition) is 0. The smallest absolute Gasteiger partial charge is 0.276 e. The fraction of sp³-hybridized carbons (Fsp3) is 0.320. The number of aromatic nitrogens is 2. The minimum absolute atomic E-state index is 0.112. The number of anilines is 1. The number of para-hydroxylation sites is 1. The molecule has 2 aromatic heterocycles. The largest absolute Gasteiger partial charge is 0.366 e. The average Bonchev–Trinajstić information content (AvgIpc) is 3.24. The first-order chi connectivity index (χ1) is 16.0. The Kier molecular flexibility index (Phi) is 5.62. The van der Waals surface area contributed by atoms with Crippen LogP contribution in [0.5, 0.6) is 0 Å². The Morgan fingerprint density at radius 3 is 2.52 bits per heavy atom. The van der Waals surface area contributed by atoms with E-state index < -0.39 is 6.04 Å². The number of rotatable bonds is 4. The van der Waals surface area contributed by atoms with E-state index in [9.17, 15) is 14.0 Å². The molecule has 0 saturated carbocycles. The molecule has 170 valence electrons. The van der Waals surface area contributed by atoms with Crippen LogP contribution in [-0.4, -0.2) is 46.8 Å². The van der Waals surface area contributed by atoms with Crippen molar-refractivity contribution in [1.29, 1.82) is 0 Å². The predicted molar refractivity (Wildman–Crippen MR) is 131 cm³/mol. The van der Waals surface area contributed by atoms with Gasteiger partial charge in [-0.05, 0) is 31.5 Å². The van der Waals surface area contributed by atoms with E-state index in [0.717, 1.165) is 20.5 Å². The quantitative estimate of drug-likeness (QED) is 0.450. The minimum Gasteiger partial charge on any atom is -0.366 e. The van der Waals surface area contributed by atoms with Crippen LogP contribution in [0.2, 0.25) is 0 Å². The maximum Gasteiger partial charge on any atom is 0.276 e. The summed E-state index contributed by atoms with van der Waals surface area (Å²) in [5, 5.41) is 6.11. The molecule has 0 radical (unpaired) electrons. The molecule has 0 spiro atoms. The van der Waals surface area contributed by atoms with E-state index in [0.29, 0.717) is 43.7 Å². The van der Waals surface area contributed by atoms with Gasteiger partial charge in [-0.3, -0.25) is 9.59 Å². The van der Waals surface area contributed by atoms with Crippen LogP contribution in [0, 0.1) is 12.7 Å². The number of piperazine rings is 1. The fourth-order valence-corrected chi connectivity index (χ4v) is 5.76. The molecule has 3 heterocycles. The summed E-state index contributed by atoms with van der Waals surface area (Å²) in [7, 11) is 0. The summed E-state index contributed by atoms with van der Waals surface area (Å²) in [5.41, 5.74) is 1.08. The number of amides is 1. The van der Waals surface area contributed by atoms with Gasteiger partial charge >= 0.3 is 0 Å². The molecule has 2 aromatic carbocycles. The van der Waals surface area contributed by atoms with Gasteiger partial charge in [-0.15, -0.1) is 11.3 Å². The van der Waals surface area contributed by atoms with Gasteiger partial charge in [0.2, 0.25) is 5.91 Å².